The molecule has 4 nitrogen and oxygen atoms in total. The summed E-state index contributed by atoms with van der Waals surface area (Å²) in [7, 11) is 0. The van der Waals surface area contributed by atoms with Gasteiger partial charge in [-0.15, -0.1) is 0 Å². The molecule has 94 valence electrons. The van der Waals surface area contributed by atoms with Crippen LogP contribution in [0, 0.1) is 0 Å². The van der Waals surface area contributed by atoms with Gasteiger partial charge in [0.15, 0.2) is 5.82 Å². The minimum Gasteiger partial charge on any atom is -0.338 e. The lowest BCUT2D eigenvalue weighted by Gasteiger charge is -2.25. The number of hydrogen-bond donors (Lipinski definition) is 0. The minimum absolute atomic E-state index is 0.592. The summed E-state index contributed by atoms with van der Waals surface area (Å²) in [5.74, 6) is 2.33. The second-order valence-electron chi connectivity index (χ2n) is 5.32. The summed E-state index contributed by atoms with van der Waals surface area (Å²) in [6.07, 6.45) is 7.88. The molecule has 0 radical (unpaired) electrons. The number of rotatable bonds is 5. The van der Waals surface area contributed by atoms with Crippen LogP contribution in [0.1, 0.15) is 63.1 Å². The van der Waals surface area contributed by atoms with Gasteiger partial charge in [-0.05, 0) is 32.2 Å². The van der Waals surface area contributed by atoms with E-state index in [0.29, 0.717) is 5.92 Å². The Morgan fingerprint density at radius 3 is 2.65 bits per heavy atom. The van der Waals surface area contributed by atoms with Gasteiger partial charge in [0.05, 0.1) is 6.54 Å². The Balaban J connectivity index is 1.62. The lowest BCUT2D eigenvalue weighted by molar-refractivity contribution is 0.175. The van der Waals surface area contributed by atoms with Crippen LogP contribution >= 0.6 is 0 Å². The number of nitrogens with zero attached hydrogens (tertiary/aromatic N) is 3. The lowest BCUT2D eigenvalue weighted by Crippen LogP contribution is -2.32. The predicted octanol–water partition coefficient (Wildman–Crippen LogP) is 2.71. The summed E-state index contributed by atoms with van der Waals surface area (Å²) in [5.41, 5.74) is 0. The second kappa shape index (κ2) is 4.77. The van der Waals surface area contributed by atoms with E-state index >= 15 is 0 Å². The van der Waals surface area contributed by atoms with Crippen LogP contribution in [0.4, 0.5) is 0 Å². The molecule has 0 aromatic carbocycles. The molecule has 1 aromatic heterocycles. The Hall–Kier alpha value is -0.900. The van der Waals surface area contributed by atoms with E-state index in [4.69, 9.17) is 4.52 Å². The fourth-order valence-electron chi connectivity index (χ4n) is 2.78. The van der Waals surface area contributed by atoms with Crippen molar-refractivity contribution in [3.63, 3.8) is 0 Å². The van der Waals surface area contributed by atoms with E-state index < -0.39 is 0 Å². The van der Waals surface area contributed by atoms with Crippen molar-refractivity contribution in [3.8, 4) is 0 Å². The zero-order valence-electron chi connectivity index (χ0n) is 10.6. The Bertz CT molecular complexity index is 366. The molecule has 2 fully saturated rings. The third-order valence-electron chi connectivity index (χ3n) is 4.01. The monoisotopic (exact) mass is 235 g/mol. The van der Waals surface area contributed by atoms with Crippen molar-refractivity contribution in [2.45, 2.75) is 64.0 Å². The van der Waals surface area contributed by atoms with E-state index in [2.05, 4.69) is 22.0 Å². The quantitative estimate of drug-likeness (QED) is 0.787. The van der Waals surface area contributed by atoms with Crippen LogP contribution in [0.2, 0.25) is 0 Å². The first-order valence-electron chi connectivity index (χ1n) is 6.93. The van der Waals surface area contributed by atoms with Gasteiger partial charge in [0.25, 0.3) is 0 Å². The summed E-state index contributed by atoms with van der Waals surface area (Å²) in [6, 6.07) is 0.733. The molecule has 2 saturated carbocycles. The maximum atomic E-state index is 5.36. The Morgan fingerprint density at radius 1 is 1.24 bits per heavy atom. The zero-order valence-corrected chi connectivity index (χ0v) is 10.6. The van der Waals surface area contributed by atoms with Crippen molar-refractivity contribution < 1.29 is 4.52 Å². The van der Waals surface area contributed by atoms with Gasteiger partial charge in [-0.2, -0.15) is 4.98 Å². The first kappa shape index (κ1) is 11.2. The highest BCUT2D eigenvalue weighted by Gasteiger charge is 2.29. The van der Waals surface area contributed by atoms with Crippen LogP contribution in [0.5, 0.6) is 0 Å². The van der Waals surface area contributed by atoms with Crippen LogP contribution < -0.4 is 0 Å². The van der Waals surface area contributed by atoms with Crippen molar-refractivity contribution >= 4 is 0 Å². The fourth-order valence-corrected chi connectivity index (χ4v) is 2.78. The Morgan fingerprint density at radius 2 is 2.00 bits per heavy atom. The number of hydrogen-bond acceptors (Lipinski definition) is 4. The topological polar surface area (TPSA) is 42.2 Å². The average molecular weight is 235 g/mol. The van der Waals surface area contributed by atoms with Gasteiger partial charge in [-0.1, -0.05) is 24.9 Å². The minimum atomic E-state index is 0.592. The first-order chi connectivity index (χ1) is 8.36. The molecular formula is C13H21N3O. The first-order valence-corrected chi connectivity index (χ1v) is 6.93. The molecular weight excluding hydrogens is 214 g/mol. The normalized spacial score (nSPS) is 21.5. The molecule has 1 aromatic rings. The smallest absolute Gasteiger partial charge is 0.240 e. The van der Waals surface area contributed by atoms with Gasteiger partial charge in [-0.25, -0.2) is 0 Å². The maximum Gasteiger partial charge on any atom is 0.240 e. The van der Waals surface area contributed by atoms with Gasteiger partial charge in [0, 0.05) is 12.0 Å². The summed E-state index contributed by atoms with van der Waals surface area (Å²) in [4.78, 5) is 7.00. The van der Waals surface area contributed by atoms with Gasteiger partial charge in [0.2, 0.25) is 5.89 Å². The highest BCUT2D eigenvalue weighted by atomic mass is 16.5. The highest BCUT2D eigenvalue weighted by molar-refractivity contribution is 5.03. The largest absolute Gasteiger partial charge is 0.338 e. The van der Waals surface area contributed by atoms with Crippen molar-refractivity contribution in [2.75, 3.05) is 6.54 Å². The van der Waals surface area contributed by atoms with E-state index in [0.717, 1.165) is 30.8 Å². The fraction of sp³-hybridized carbons (Fsp3) is 0.846. The Labute approximate surface area is 102 Å². The highest BCUT2D eigenvalue weighted by Crippen LogP contribution is 2.38. The van der Waals surface area contributed by atoms with Crippen molar-refractivity contribution in [1.82, 2.24) is 15.0 Å². The summed E-state index contributed by atoms with van der Waals surface area (Å²) < 4.78 is 5.36. The van der Waals surface area contributed by atoms with Gasteiger partial charge in [0.1, 0.15) is 0 Å². The molecule has 0 amide bonds. The molecule has 0 spiro atoms. The molecule has 3 rings (SSSR count). The van der Waals surface area contributed by atoms with Crippen LogP contribution in [0.15, 0.2) is 4.52 Å². The van der Waals surface area contributed by atoms with E-state index in [-0.39, 0.29) is 0 Å². The Kier molecular flexibility index (Phi) is 3.14. The third kappa shape index (κ3) is 2.51. The SMILES string of the molecule is CCN(Cc1nc(C2CC2)no1)C1CCCC1. The molecule has 17 heavy (non-hydrogen) atoms. The van der Waals surface area contributed by atoms with Crippen molar-refractivity contribution in [2.24, 2.45) is 0 Å². The third-order valence-corrected chi connectivity index (χ3v) is 4.01. The van der Waals surface area contributed by atoms with Crippen LogP contribution in [0.3, 0.4) is 0 Å². The molecule has 0 bridgehead atoms. The molecule has 2 aliphatic carbocycles. The van der Waals surface area contributed by atoms with Crippen LogP contribution in [-0.4, -0.2) is 27.6 Å². The van der Waals surface area contributed by atoms with E-state index in [1.54, 1.807) is 0 Å². The second-order valence-corrected chi connectivity index (χ2v) is 5.32. The van der Waals surface area contributed by atoms with Crippen LogP contribution in [-0.2, 0) is 6.54 Å². The van der Waals surface area contributed by atoms with E-state index in [9.17, 15) is 0 Å². The van der Waals surface area contributed by atoms with Crippen molar-refractivity contribution in [3.05, 3.63) is 11.7 Å². The molecule has 0 aliphatic heterocycles. The van der Waals surface area contributed by atoms with Gasteiger partial charge >= 0.3 is 0 Å². The number of aromatic nitrogens is 2. The maximum absolute atomic E-state index is 5.36. The molecule has 0 atom stereocenters. The molecule has 0 N–H and O–H groups in total. The lowest BCUT2D eigenvalue weighted by atomic mass is 10.2. The predicted molar refractivity (Wildman–Crippen MR) is 64.6 cm³/mol. The summed E-state index contributed by atoms with van der Waals surface area (Å²) in [5, 5.41) is 4.08. The molecule has 0 unspecified atom stereocenters. The van der Waals surface area contributed by atoms with E-state index in [1.165, 1.54) is 38.5 Å². The van der Waals surface area contributed by atoms with E-state index in [1.807, 2.05) is 0 Å². The molecule has 0 saturated heterocycles. The zero-order chi connectivity index (χ0) is 11.7. The summed E-state index contributed by atoms with van der Waals surface area (Å²) >= 11 is 0. The van der Waals surface area contributed by atoms with Gasteiger partial charge < -0.3 is 4.52 Å². The van der Waals surface area contributed by atoms with Crippen molar-refractivity contribution in [1.29, 1.82) is 0 Å². The molecule has 2 aliphatic rings. The standard InChI is InChI=1S/C13H21N3O/c1-2-16(11-5-3-4-6-11)9-12-14-13(15-17-12)10-7-8-10/h10-11H,2-9H2,1H3. The average Bonchev–Trinajstić information content (AvgIpc) is 2.89. The molecule has 4 heteroatoms. The molecule has 1 heterocycles. The van der Waals surface area contributed by atoms with Gasteiger partial charge in [-0.3, -0.25) is 4.90 Å². The summed E-state index contributed by atoms with van der Waals surface area (Å²) in [6.45, 7) is 4.13. The van der Waals surface area contributed by atoms with Crippen LogP contribution in [0.25, 0.3) is 0 Å².